The first-order valence-electron chi connectivity index (χ1n) is 29.3. The zero-order valence-corrected chi connectivity index (χ0v) is 50.3. The Kier molecular flexibility index (Phi) is 13.3. The number of para-hydroxylation sites is 5. The van der Waals surface area contributed by atoms with Crippen LogP contribution in [0.5, 0.6) is 11.5 Å². The Bertz CT molecular complexity index is 4750. The molecule has 2 aliphatic heterocycles. The molecule has 0 fully saturated rings. The average molecular weight is 1300 g/mol. The van der Waals surface area contributed by atoms with Crippen LogP contribution in [0.2, 0.25) is 0 Å². The number of hydrogen-bond donors (Lipinski definition) is 0. The van der Waals surface area contributed by atoms with Crippen molar-refractivity contribution >= 4 is 79.0 Å². The second-order valence-electron chi connectivity index (χ2n) is 23.2. The van der Waals surface area contributed by atoms with Crippen LogP contribution in [0.3, 0.4) is 0 Å². The van der Waals surface area contributed by atoms with Crippen molar-refractivity contribution in [1.82, 2.24) is 14.1 Å². The van der Waals surface area contributed by atoms with E-state index in [0.29, 0.717) is 11.5 Å². The van der Waals surface area contributed by atoms with E-state index in [1.54, 1.807) is 0 Å². The molecule has 0 aliphatic carbocycles. The first-order chi connectivity index (χ1) is 42.3. The first kappa shape index (κ1) is 53.5. The number of benzene rings is 11. The molecule has 16 rings (SSSR count). The zero-order valence-electron chi connectivity index (χ0n) is 48.0. The fourth-order valence-corrected chi connectivity index (χ4v) is 13.0. The van der Waals surface area contributed by atoms with Crippen LogP contribution in [0.4, 0.5) is 34.1 Å². The van der Waals surface area contributed by atoms with Crippen LogP contribution in [0.1, 0.15) is 26.3 Å². The maximum absolute atomic E-state index is 6.80. The van der Waals surface area contributed by atoms with Gasteiger partial charge in [0.25, 0.3) is 13.0 Å². The van der Waals surface area contributed by atoms with Crippen molar-refractivity contribution in [3.05, 3.63) is 303 Å². The summed E-state index contributed by atoms with van der Waals surface area (Å²) in [4.78, 5) is 10.0. The molecule has 0 saturated heterocycles. The molecule has 11 aromatic carbocycles. The average Bonchev–Trinajstić information content (AvgIpc) is 1.36. The van der Waals surface area contributed by atoms with Crippen molar-refractivity contribution in [1.29, 1.82) is 0 Å². The molecule has 0 amide bonds. The smallest absolute Gasteiger partial charge is 0.267 e. The van der Waals surface area contributed by atoms with E-state index in [2.05, 4.69) is 301 Å². The van der Waals surface area contributed by atoms with E-state index in [4.69, 9.17) is 9.72 Å². The van der Waals surface area contributed by atoms with Gasteiger partial charge >= 0.3 is 0 Å². The second kappa shape index (κ2) is 21.7. The molecule has 0 unspecified atom stereocenters. The van der Waals surface area contributed by atoms with Gasteiger partial charge in [0.05, 0.1) is 5.69 Å². The number of hydrogen-bond acceptors (Lipinski definition) is 4. The third kappa shape index (κ3) is 9.27. The molecule has 0 saturated carbocycles. The van der Waals surface area contributed by atoms with Gasteiger partial charge in [0, 0.05) is 90.8 Å². The van der Waals surface area contributed by atoms with E-state index < -0.39 is 0 Å². The van der Waals surface area contributed by atoms with Crippen molar-refractivity contribution in [2.24, 2.45) is 0 Å². The number of rotatable bonds is 10. The van der Waals surface area contributed by atoms with Gasteiger partial charge < -0.3 is 23.7 Å². The van der Waals surface area contributed by atoms with Gasteiger partial charge in [0.2, 0.25) is 0 Å². The SMILES string of the molecule is CC(C)(C)c1ccnc(-n2c3[c-]c(Oc4[c-]c(-n5[c-][n+](-c6c(-c7ccccc7)cccc6-c6ccccc6)cc5)ccc4)ccc3c3cc(-c4cc5c6c(c4)N(c4ccccc4)c4ccccc4B6c4ccccc4N5c4ccccc4)ccc32)c1.[Pt]. The maximum Gasteiger partial charge on any atom is 0.267 e. The Morgan fingerprint density at radius 1 is 0.483 bits per heavy atom. The van der Waals surface area contributed by atoms with Crippen LogP contribution in [-0.2, 0) is 26.5 Å². The fourth-order valence-electron chi connectivity index (χ4n) is 13.0. The summed E-state index contributed by atoms with van der Waals surface area (Å²) in [6.45, 7) is 6.75. The molecule has 0 bridgehead atoms. The summed E-state index contributed by atoms with van der Waals surface area (Å²) in [5.74, 6) is 1.92. The third-order valence-electron chi connectivity index (χ3n) is 17.0. The minimum Gasteiger partial charge on any atom is -0.510 e. The standard InChI is InChI=1S/C78H55BN6O.Pt/c1-78(2,3)57-42-43-80-75(49-57)85-69-41-38-55(56-47-73-76-74(48-56)84(59-28-14-7-15-29-59)71-37-19-17-35-68(71)79(76)67-34-16-18-36-70(67)83(73)58-26-12-6-13-27-58)46-66(69)65-40-39-62(51-72(65)85)86-61-31-20-30-60(50-61)81-44-45-82(52-81)77-63(53-22-8-4-9-23-53)32-21-33-64(77)54-24-10-5-11-25-54;/h4-49H,1-3H3;/q-2;. The molecular weight excluding hydrogens is 1240 g/mol. The molecule has 0 radical (unpaired) electrons. The maximum atomic E-state index is 6.80. The number of fused-ring (bicyclic) bond motifs is 7. The normalized spacial score (nSPS) is 12.4. The van der Waals surface area contributed by atoms with Crippen LogP contribution < -0.4 is 35.5 Å². The van der Waals surface area contributed by atoms with E-state index in [1.807, 2.05) is 41.2 Å². The molecular formula is C78H55BN6OPt-2. The molecule has 87 heavy (non-hydrogen) atoms. The number of anilines is 6. The Hall–Kier alpha value is -10.3. The molecule has 9 heteroatoms. The van der Waals surface area contributed by atoms with Crippen molar-refractivity contribution < 1.29 is 30.4 Å². The number of imidazole rings is 1. The van der Waals surface area contributed by atoms with Crippen LogP contribution >= 0.6 is 0 Å². The molecule has 418 valence electrons. The van der Waals surface area contributed by atoms with Gasteiger partial charge in [-0.1, -0.05) is 190 Å². The van der Waals surface area contributed by atoms with Gasteiger partial charge in [-0.2, -0.15) is 18.2 Å². The van der Waals surface area contributed by atoms with E-state index in [9.17, 15) is 0 Å². The number of pyridine rings is 1. The summed E-state index contributed by atoms with van der Waals surface area (Å²) in [6.07, 6.45) is 9.62. The minimum atomic E-state index is -0.109. The van der Waals surface area contributed by atoms with E-state index in [0.717, 1.165) is 95.1 Å². The van der Waals surface area contributed by atoms with Gasteiger partial charge in [0.15, 0.2) is 0 Å². The van der Waals surface area contributed by atoms with E-state index in [-0.39, 0.29) is 33.2 Å². The van der Waals surface area contributed by atoms with Gasteiger partial charge in [-0.3, -0.25) is 4.57 Å². The molecule has 5 heterocycles. The topological polar surface area (TPSA) is 42.3 Å². The molecule has 7 nitrogen and oxygen atoms in total. The molecule has 2 aliphatic rings. The zero-order chi connectivity index (χ0) is 57.5. The summed E-state index contributed by atoms with van der Waals surface area (Å²) >= 11 is 0. The predicted octanol–water partition coefficient (Wildman–Crippen LogP) is 16.8. The third-order valence-corrected chi connectivity index (χ3v) is 17.0. The van der Waals surface area contributed by atoms with E-state index in [1.165, 1.54) is 33.3 Å². The number of nitrogens with zero attached hydrogens (tertiary/aromatic N) is 6. The van der Waals surface area contributed by atoms with Crippen LogP contribution in [0.15, 0.2) is 279 Å². The number of ether oxygens (including phenoxy) is 1. The Balaban J connectivity index is 0.00000638. The monoisotopic (exact) mass is 1300 g/mol. The van der Waals surface area contributed by atoms with Gasteiger partial charge in [0.1, 0.15) is 5.82 Å². The Morgan fingerprint density at radius 2 is 1.06 bits per heavy atom. The summed E-state index contributed by atoms with van der Waals surface area (Å²) < 4.78 is 13.1. The largest absolute Gasteiger partial charge is 0.510 e. The second-order valence-corrected chi connectivity index (χ2v) is 23.2. The molecule has 3 aromatic heterocycles. The predicted molar refractivity (Wildman–Crippen MR) is 351 cm³/mol. The molecule has 0 spiro atoms. The first-order valence-corrected chi connectivity index (χ1v) is 29.3. The van der Waals surface area contributed by atoms with Crippen molar-refractivity contribution in [3.63, 3.8) is 0 Å². The van der Waals surface area contributed by atoms with Crippen molar-refractivity contribution in [2.45, 2.75) is 26.2 Å². The summed E-state index contributed by atoms with van der Waals surface area (Å²) in [6, 6.07) is 101. The van der Waals surface area contributed by atoms with Crippen molar-refractivity contribution in [3.8, 4) is 62.1 Å². The van der Waals surface area contributed by atoms with Gasteiger partial charge in [-0.25, -0.2) is 4.98 Å². The quantitative estimate of drug-likeness (QED) is 0.0777. The van der Waals surface area contributed by atoms with Crippen LogP contribution in [0.25, 0.3) is 72.4 Å². The number of aromatic nitrogens is 4. The van der Waals surface area contributed by atoms with Crippen LogP contribution in [-0.4, -0.2) is 20.8 Å². The molecule has 14 aromatic rings. The fraction of sp³-hybridized carbons (Fsp3) is 0.0513. The molecule has 0 atom stereocenters. The minimum absolute atomic E-state index is 0. The summed E-state index contributed by atoms with van der Waals surface area (Å²) in [5.41, 5.74) is 22.2. The summed E-state index contributed by atoms with van der Waals surface area (Å²) in [5, 5.41) is 2.11. The van der Waals surface area contributed by atoms with Gasteiger partial charge in [-0.05, 0) is 139 Å². The van der Waals surface area contributed by atoms with Crippen molar-refractivity contribution in [2.75, 3.05) is 9.80 Å². The van der Waals surface area contributed by atoms with E-state index >= 15 is 0 Å². The van der Waals surface area contributed by atoms with Gasteiger partial charge in [-0.15, -0.1) is 29.7 Å². The Morgan fingerprint density at radius 3 is 1.68 bits per heavy atom. The Labute approximate surface area is 521 Å². The van der Waals surface area contributed by atoms with Crippen LogP contribution in [0, 0.1) is 18.5 Å². The molecule has 0 N–H and O–H groups in total. The summed E-state index contributed by atoms with van der Waals surface area (Å²) in [7, 11) is 0.